The Balaban J connectivity index is 1.79. The molecule has 2 atom stereocenters. The van der Waals surface area contributed by atoms with Gasteiger partial charge in [-0.05, 0) is 61.3 Å². The molecule has 0 radical (unpaired) electrons. The Morgan fingerprint density at radius 2 is 1.74 bits per heavy atom. The fourth-order valence-corrected chi connectivity index (χ4v) is 4.58. The Labute approximate surface area is 114 Å². The first-order valence-electron chi connectivity index (χ1n) is 7.29. The molecule has 3 amide bonds. The number of urea groups is 1. The minimum atomic E-state index is -0.399. The molecule has 1 saturated heterocycles. The highest BCUT2D eigenvalue weighted by Crippen LogP contribution is 2.51. The van der Waals surface area contributed by atoms with Crippen molar-refractivity contribution in [1.29, 1.82) is 0 Å². The monoisotopic (exact) mass is 262 g/mol. The molecule has 4 heteroatoms. The average molecular weight is 262 g/mol. The molecule has 0 spiro atoms. The van der Waals surface area contributed by atoms with E-state index in [2.05, 4.69) is 24.5 Å². The van der Waals surface area contributed by atoms with Gasteiger partial charge in [0.2, 0.25) is 0 Å². The molecule has 2 aliphatic carbocycles. The number of nitrogens with one attached hydrogen (secondary N) is 2. The summed E-state index contributed by atoms with van der Waals surface area (Å²) in [6.45, 7) is 4.58. The van der Waals surface area contributed by atoms with Crippen LogP contribution < -0.4 is 10.6 Å². The fraction of sp³-hybridized carbons (Fsp3) is 0.733. The summed E-state index contributed by atoms with van der Waals surface area (Å²) < 4.78 is 0. The van der Waals surface area contributed by atoms with E-state index in [1.165, 1.54) is 19.3 Å². The second kappa shape index (κ2) is 4.36. The first-order valence-corrected chi connectivity index (χ1v) is 7.29. The molecule has 0 aromatic rings. The summed E-state index contributed by atoms with van der Waals surface area (Å²) in [6, 6.07) is -0.399. The van der Waals surface area contributed by atoms with Gasteiger partial charge in [-0.25, -0.2) is 4.79 Å². The highest BCUT2D eigenvalue weighted by molar-refractivity contribution is 6.11. The molecular formula is C15H22N2O2. The van der Waals surface area contributed by atoms with Crippen molar-refractivity contribution < 1.29 is 9.59 Å². The summed E-state index contributed by atoms with van der Waals surface area (Å²) in [4.78, 5) is 22.8. The second-order valence-corrected chi connectivity index (χ2v) is 7.07. The first kappa shape index (κ1) is 12.7. The number of amides is 3. The number of carbonyl (C=O) groups is 2. The van der Waals surface area contributed by atoms with Crippen molar-refractivity contribution in [3.05, 3.63) is 11.8 Å². The molecule has 104 valence electrons. The molecule has 2 unspecified atom stereocenters. The van der Waals surface area contributed by atoms with Crippen molar-refractivity contribution in [2.75, 3.05) is 0 Å². The minimum absolute atomic E-state index is 0.0536. The molecule has 1 heterocycles. The average Bonchev–Trinajstić information content (AvgIpc) is 2.53. The Hall–Kier alpha value is -1.32. The van der Waals surface area contributed by atoms with Gasteiger partial charge in [0, 0.05) is 0 Å². The zero-order valence-corrected chi connectivity index (χ0v) is 11.7. The Morgan fingerprint density at radius 1 is 1.11 bits per heavy atom. The zero-order valence-electron chi connectivity index (χ0n) is 11.7. The van der Waals surface area contributed by atoms with Gasteiger partial charge in [-0.15, -0.1) is 0 Å². The topological polar surface area (TPSA) is 58.2 Å². The predicted molar refractivity (Wildman–Crippen MR) is 72.1 cm³/mol. The molecule has 3 rings (SSSR count). The summed E-state index contributed by atoms with van der Waals surface area (Å²) in [5.41, 5.74) is 0.499. The predicted octanol–water partition coefficient (Wildman–Crippen LogP) is 2.56. The lowest BCUT2D eigenvalue weighted by molar-refractivity contribution is -0.115. The number of allylic oxidation sites excluding steroid dienone is 1. The first-order chi connectivity index (χ1) is 8.93. The Bertz CT molecular complexity index is 437. The Kier molecular flexibility index (Phi) is 2.91. The van der Waals surface area contributed by atoms with E-state index >= 15 is 0 Å². The van der Waals surface area contributed by atoms with Gasteiger partial charge in [0.15, 0.2) is 0 Å². The molecule has 0 aromatic heterocycles. The van der Waals surface area contributed by atoms with Gasteiger partial charge in [-0.2, -0.15) is 0 Å². The largest absolute Gasteiger partial charge is 0.326 e. The van der Waals surface area contributed by atoms with Gasteiger partial charge < -0.3 is 5.32 Å². The highest BCUT2D eigenvalue weighted by Gasteiger charge is 2.41. The van der Waals surface area contributed by atoms with Crippen LogP contribution in [0.1, 0.15) is 46.0 Å². The number of carbonyl (C=O) groups excluding carboxylic acids is 2. The van der Waals surface area contributed by atoms with E-state index in [0.29, 0.717) is 5.70 Å². The van der Waals surface area contributed by atoms with Crippen LogP contribution in [-0.4, -0.2) is 11.9 Å². The lowest BCUT2D eigenvalue weighted by Gasteiger charge is -2.46. The van der Waals surface area contributed by atoms with Crippen LogP contribution in [0.2, 0.25) is 0 Å². The smallest absolute Gasteiger partial charge is 0.303 e. The lowest BCUT2D eigenvalue weighted by Crippen LogP contribution is -2.35. The molecule has 0 aromatic carbocycles. The van der Waals surface area contributed by atoms with E-state index < -0.39 is 6.03 Å². The molecule has 2 bridgehead atoms. The van der Waals surface area contributed by atoms with Crippen LogP contribution in [0.3, 0.4) is 0 Å². The summed E-state index contributed by atoms with van der Waals surface area (Å²) in [5.74, 6) is 2.12. The maximum Gasteiger partial charge on any atom is 0.326 e. The van der Waals surface area contributed by atoms with Crippen LogP contribution in [0.5, 0.6) is 0 Å². The molecule has 1 aliphatic heterocycles. The van der Waals surface area contributed by atoms with Crippen molar-refractivity contribution in [1.82, 2.24) is 10.6 Å². The molecule has 19 heavy (non-hydrogen) atoms. The van der Waals surface area contributed by atoms with Crippen LogP contribution in [0, 0.1) is 23.2 Å². The SMILES string of the molecule is CC1CC2CC(C1)CC(C)(/C=C1\NC(=O)NC1=O)C2. The van der Waals surface area contributed by atoms with Crippen LogP contribution in [0.4, 0.5) is 4.79 Å². The molecular weight excluding hydrogens is 240 g/mol. The molecule has 4 nitrogen and oxygen atoms in total. The van der Waals surface area contributed by atoms with Gasteiger partial charge >= 0.3 is 6.03 Å². The molecule has 3 fully saturated rings. The third kappa shape index (κ3) is 2.53. The van der Waals surface area contributed by atoms with E-state index in [1.54, 1.807) is 0 Å². The quantitative estimate of drug-likeness (QED) is 0.563. The number of hydrogen-bond donors (Lipinski definition) is 2. The summed E-state index contributed by atoms with van der Waals surface area (Å²) >= 11 is 0. The van der Waals surface area contributed by atoms with E-state index in [9.17, 15) is 9.59 Å². The summed E-state index contributed by atoms with van der Waals surface area (Å²) in [5, 5.41) is 4.89. The highest BCUT2D eigenvalue weighted by atomic mass is 16.2. The number of rotatable bonds is 1. The van der Waals surface area contributed by atoms with Crippen molar-refractivity contribution in [2.24, 2.45) is 23.2 Å². The van der Waals surface area contributed by atoms with E-state index in [-0.39, 0.29) is 11.3 Å². The van der Waals surface area contributed by atoms with E-state index in [0.717, 1.165) is 30.6 Å². The van der Waals surface area contributed by atoms with Gasteiger partial charge in [-0.3, -0.25) is 10.1 Å². The maximum atomic E-state index is 11.6. The summed E-state index contributed by atoms with van der Waals surface area (Å²) in [6.07, 6.45) is 8.26. The van der Waals surface area contributed by atoms with Gasteiger partial charge in [0.05, 0.1) is 0 Å². The molecule has 3 aliphatic rings. The third-order valence-electron chi connectivity index (χ3n) is 4.86. The molecule has 2 N–H and O–H groups in total. The lowest BCUT2D eigenvalue weighted by atomic mass is 9.59. The van der Waals surface area contributed by atoms with Crippen molar-refractivity contribution in [3.63, 3.8) is 0 Å². The maximum absolute atomic E-state index is 11.6. The molecule has 2 saturated carbocycles. The van der Waals surface area contributed by atoms with Gasteiger partial charge in [0.25, 0.3) is 5.91 Å². The van der Waals surface area contributed by atoms with E-state index in [4.69, 9.17) is 0 Å². The fourth-order valence-electron chi connectivity index (χ4n) is 4.58. The number of fused-ring (bicyclic) bond motifs is 2. The van der Waals surface area contributed by atoms with Crippen LogP contribution in [-0.2, 0) is 4.79 Å². The van der Waals surface area contributed by atoms with E-state index in [1.807, 2.05) is 6.08 Å². The van der Waals surface area contributed by atoms with Crippen LogP contribution in [0.15, 0.2) is 11.8 Å². The number of hydrogen-bond acceptors (Lipinski definition) is 2. The normalized spacial score (nSPS) is 44.1. The summed E-state index contributed by atoms with van der Waals surface area (Å²) in [7, 11) is 0. The van der Waals surface area contributed by atoms with Crippen molar-refractivity contribution >= 4 is 11.9 Å². The van der Waals surface area contributed by atoms with Crippen molar-refractivity contribution in [2.45, 2.75) is 46.0 Å². The second-order valence-electron chi connectivity index (χ2n) is 7.07. The van der Waals surface area contributed by atoms with Gasteiger partial charge in [0.1, 0.15) is 5.70 Å². The van der Waals surface area contributed by atoms with Crippen LogP contribution in [0.25, 0.3) is 0 Å². The third-order valence-corrected chi connectivity index (χ3v) is 4.86. The standard InChI is InChI=1S/C15H22N2O2/c1-9-3-10-5-11(4-9)7-15(2,6-10)8-12-13(18)17-14(19)16-12/h8-11H,3-7H2,1-2H3,(H2,16,17,18,19)/b12-8-. The zero-order chi connectivity index (χ0) is 13.6. The number of imide groups is 1. The van der Waals surface area contributed by atoms with Gasteiger partial charge in [-0.1, -0.05) is 13.8 Å². The van der Waals surface area contributed by atoms with Crippen molar-refractivity contribution in [3.8, 4) is 0 Å². The minimum Gasteiger partial charge on any atom is -0.303 e. The Morgan fingerprint density at radius 3 is 2.26 bits per heavy atom. The van der Waals surface area contributed by atoms with Crippen LogP contribution >= 0.6 is 0 Å².